The highest BCUT2D eigenvalue weighted by atomic mass is 35.5. The Balaban J connectivity index is 1.62. The van der Waals surface area contributed by atoms with Crippen LogP contribution in [0.4, 0.5) is 4.79 Å². The van der Waals surface area contributed by atoms with E-state index in [1.807, 2.05) is 31.2 Å². The van der Waals surface area contributed by atoms with E-state index in [2.05, 4.69) is 10.2 Å². The Morgan fingerprint density at radius 1 is 1.08 bits per heavy atom. The molecule has 2 heterocycles. The molecule has 2 amide bonds. The number of aryl methyl sites for hydroxylation is 1. The van der Waals surface area contributed by atoms with Crippen LogP contribution in [0.25, 0.3) is 0 Å². The summed E-state index contributed by atoms with van der Waals surface area (Å²) in [4.78, 5) is 30.0. The summed E-state index contributed by atoms with van der Waals surface area (Å²) in [6.45, 7) is 5.89. The molecule has 0 aromatic heterocycles. The molecule has 2 aromatic carbocycles. The van der Waals surface area contributed by atoms with Gasteiger partial charge in [-0.15, -0.1) is 0 Å². The van der Waals surface area contributed by atoms with Crippen LogP contribution in [0.2, 0.25) is 5.02 Å². The Kier molecular flexibility index (Phi) is 8.77. The van der Waals surface area contributed by atoms with Crippen LogP contribution >= 0.6 is 11.6 Å². The van der Waals surface area contributed by atoms with Crippen LogP contribution < -0.4 is 5.32 Å². The normalized spacial score (nSPS) is 19.7. The summed E-state index contributed by atoms with van der Waals surface area (Å²) in [5, 5.41) is 3.43. The molecule has 9 nitrogen and oxygen atoms in total. The highest BCUT2D eigenvalue weighted by Crippen LogP contribution is 2.33. The number of hydrogen-bond acceptors (Lipinski definition) is 6. The summed E-state index contributed by atoms with van der Waals surface area (Å²) in [6.07, 6.45) is 0.603. The van der Waals surface area contributed by atoms with Gasteiger partial charge in [-0.05, 0) is 62.2 Å². The first-order valence-electron chi connectivity index (χ1n) is 12.6. The average Bonchev–Trinajstić information content (AvgIpc) is 3.13. The number of rotatable bonds is 7. The van der Waals surface area contributed by atoms with Gasteiger partial charge in [0, 0.05) is 43.9 Å². The molecule has 0 saturated carbocycles. The zero-order valence-corrected chi connectivity index (χ0v) is 23.4. The van der Waals surface area contributed by atoms with Gasteiger partial charge < -0.3 is 10.1 Å². The first kappa shape index (κ1) is 28.1. The monoisotopic (exact) mass is 560 g/mol. The fraction of sp³-hybridized carbons (Fsp3) is 0.407. The molecule has 11 heteroatoms. The number of urea groups is 1. The number of halogens is 1. The van der Waals surface area contributed by atoms with Crippen molar-refractivity contribution in [2.45, 2.75) is 31.2 Å². The van der Waals surface area contributed by atoms with Crippen molar-refractivity contribution in [3.05, 3.63) is 76.0 Å². The fourth-order valence-corrected chi connectivity index (χ4v) is 6.45. The average molecular weight is 561 g/mol. The number of sulfonamides is 1. The summed E-state index contributed by atoms with van der Waals surface area (Å²) in [5.74, 6) is -0.482. The zero-order chi connectivity index (χ0) is 27.4. The van der Waals surface area contributed by atoms with Gasteiger partial charge in [-0.2, -0.15) is 4.31 Å². The van der Waals surface area contributed by atoms with Crippen molar-refractivity contribution in [3.8, 4) is 0 Å². The molecule has 38 heavy (non-hydrogen) atoms. The van der Waals surface area contributed by atoms with Gasteiger partial charge in [0.1, 0.15) is 0 Å². The van der Waals surface area contributed by atoms with Gasteiger partial charge in [-0.25, -0.2) is 18.0 Å². The second-order valence-corrected chi connectivity index (χ2v) is 11.7. The minimum Gasteiger partial charge on any atom is -0.463 e. The number of nitrogens with one attached hydrogen (secondary N) is 1. The molecular weight excluding hydrogens is 528 g/mol. The van der Waals surface area contributed by atoms with Crippen molar-refractivity contribution in [2.75, 3.05) is 46.4 Å². The smallest absolute Gasteiger partial charge is 0.338 e. The van der Waals surface area contributed by atoms with E-state index in [-0.39, 0.29) is 24.1 Å². The third-order valence-electron chi connectivity index (χ3n) is 6.94. The molecule has 1 saturated heterocycles. The van der Waals surface area contributed by atoms with E-state index >= 15 is 0 Å². The molecule has 1 fully saturated rings. The SMILES string of the molecule is CCOC(=O)C1=C(CN2CCCN(S(=O)(=O)c3ccc(Cl)cc3)CC2)N(C)C(=O)NC1c1ccccc1C. The van der Waals surface area contributed by atoms with Crippen molar-refractivity contribution in [2.24, 2.45) is 0 Å². The number of esters is 1. The standard InChI is InChI=1S/C27H33ClN4O5S/c1-4-37-26(33)24-23(30(3)27(34)29-25(24)22-9-6-5-8-19(22)2)18-31-14-7-15-32(17-16-31)38(35,36)21-12-10-20(28)11-13-21/h5-6,8-13,25H,4,7,14-18H2,1-3H3,(H,29,34). The van der Waals surface area contributed by atoms with Crippen LogP contribution in [-0.4, -0.2) is 80.9 Å². The van der Waals surface area contributed by atoms with E-state index in [0.29, 0.717) is 48.9 Å². The van der Waals surface area contributed by atoms with E-state index in [1.165, 1.54) is 21.3 Å². The van der Waals surface area contributed by atoms with Crippen LogP contribution in [0, 0.1) is 6.92 Å². The van der Waals surface area contributed by atoms with E-state index in [1.54, 1.807) is 26.1 Å². The van der Waals surface area contributed by atoms with Crippen LogP contribution in [0.15, 0.2) is 64.7 Å². The van der Waals surface area contributed by atoms with Crippen LogP contribution in [-0.2, 0) is 19.6 Å². The number of benzene rings is 2. The first-order chi connectivity index (χ1) is 18.1. The molecule has 0 spiro atoms. The van der Waals surface area contributed by atoms with Crippen molar-refractivity contribution < 1.29 is 22.7 Å². The predicted molar refractivity (Wildman–Crippen MR) is 145 cm³/mol. The van der Waals surface area contributed by atoms with E-state index < -0.39 is 22.0 Å². The molecule has 0 radical (unpaired) electrons. The highest BCUT2D eigenvalue weighted by Gasteiger charge is 2.38. The number of carbonyl (C=O) groups excluding carboxylic acids is 2. The minimum atomic E-state index is -3.67. The van der Waals surface area contributed by atoms with E-state index in [0.717, 1.165) is 11.1 Å². The Hall–Kier alpha value is -2.92. The fourth-order valence-electron chi connectivity index (χ4n) is 4.86. The highest BCUT2D eigenvalue weighted by molar-refractivity contribution is 7.89. The number of ether oxygens (including phenoxy) is 1. The van der Waals surface area contributed by atoms with Crippen molar-refractivity contribution in [1.82, 2.24) is 19.4 Å². The molecule has 2 aliphatic heterocycles. The summed E-state index contributed by atoms with van der Waals surface area (Å²) in [7, 11) is -2.04. The third kappa shape index (κ3) is 5.88. The number of nitrogens with zero attached hydrogens (tertiary/aromatic N) is 3. The van der Waals surface area contributed by atoms with Gasteiger partial charge in [0.2, 0.25) is 10.0 Å². The van der Waals surface area contributed by atoms with Gasteiger partial charge in [0.05, 0.1) is 23.1 Å². The lowest BCUT2D eigenvalue weighted by Crippen LogP contribution is -2.49. The van der Waals surface area contributed by atoms with Crippen LogP contribution in [0.5, 0.6) is 0 Å². The van der Waals surface area contributed by atoms with Gasteiger partial charge in [0.25, 0.3) is 0 Å². The molecule has 2 aromatic rings. The van der Waals surface area contributed by atoms with E-state index in [9.17, 15) is 18.0 Å². The summed E-state index contributed by atoms with van der Waals surface area (Å²) < 4.78 is 33.3. The number of amides is 2. The summed E-state index contributed by atoms with van der Waals surface area (Å²) >= 11 is 5.93. The molecule has 1 atom stereocenters. The molecule has 4 rings (SSSR count). The Morgan fingerprint density at radius 2 is 1.79 bits per heavy atom. The number of carbonyl (C=O) groups is 2. The minimum absolute atomic E-state index is 0.201. The van der Waals surface area contributed by atoms with Gasteiger partial charge in [-0.1, -0.05) is 35.9 Å². The van der Waals surface area contributed by atoms with E-state index in [4.69, 9.17) is 16.3 Å². The maximum Gasteiger partial charge on any atom is 0.338 e. The summed E-state index contributed by atoms with van der Waals surface area (Å²) in [6, 6.07) is 12.8. The molecule has 1 unspecified atom stereocenters. The molecule has 0 bridgehead atoms. The lowest BCUT2D eigenvalue weighted by molar-refractivity contribution is -0.139. The van der Waals surface area contributed by atoms with Gasteiger partial charge in [0.15, 0.2) is 0 Å². The second-order valence-electron chi connectivity index (χ2n) is 9.37. The lowest BCUT2D eigenvalue weighted by Gasteiger charge is -2.37. The van der Waals surface area contributed by atoms with Crippen LogP contribution in [0.3, 0.4) is 0 Å². The van der Waals surface area contributed by atoms with Crippen molar-refractivity contribution >= 4 is 33.6 Å². The number of hydrogen-bond donors (Lipinski definition) is 1. The maximum absolute atomic E-state index is 13.3. The summed E-state index contributed by atoms with van der Waals surface area (Å²) in [5.41, 5.74) is 2.71. The molecule has 0 aliphatic carbocycles. The third-order valence-corrected chi connectivity index (χ3v) is 9.11. The maximum atomic E-state index is 13.3. The topological polar surface area (TPSA) is 99.3 Å². The van der Waals surface area contributed by atoms with Gasteiger partial charge in [-0.3, -0.25) is 9.80 Å². The molecule has 1 N–H and O–H groups in total. The Morgan fingerprint density at radius 3 is 2.47 bits per heavy atom. The zero-order valence-electron chi connectivity index (χ0n) is 21.8. The van der Waals surface area contributed by atoms with Crippen molar-refractivity contribution in [1.29, 1.82) is 0 Å². The lowest BCUT2D eigenvalue weighted by atomic mass is 9.91. The van der Waals surface area contributed by atoms with Crippen molar-refractivity contribution in [3.63, 3.8) is 0 Å². The van der Waals surface area contributed by atoms with Gasteiger partial charge >= 0.3 is 12.0 Å². The second kappa shape index (κ2) is 11.9. The Labute approximate surface area is 229 Å². The Bertz CT molecular complexity index is 1330. The van der Waals surface area contributed by atoms with Crippen LogP contribution in [0.1, 0.15) is 30.5 Å². The quantitative estimate of drug-likeness (QED) is 0.520. The first-order valence-corrected chi connectivity index (χ1v) is 14.4. The molecule has 2 aliphatic rings. The number of likely N-dealkylation sites (N-methyl/N-ethyl adjacent to an activating group) is 1. The molecule has 204 valence electrons. The molecular formula is C27H33ClN4O5S. The largest absolute Gasteiger partial charge is 0.463 e. The predicted octanol–water partition coefficient (Wildman–Crippen LogP) is 3.56.